The fourth-order valence-corrected chi connectivity index (χ4v) is 2.53. The van der Waals surface area contributed by atoms with Gasteiger partial charge in [0.05, 0.1) is 7.05 Å². The maximum absolute atomic E-state index is 12.3. The van der Waals surface area contributed by atoms with E-state index in [4.69, 9.17) is 4.74 Å². The number of likely N-dealkylation sites (N-methyl/N-ethyl adjacent to an activating group) is 1. The average molecular weight is 327 g/mol. The number of nitrogens with one attached hydrogen (secondary N) is 2. The second kappa shape index (κ2) is 9.08. The first-order valence-electron chi connectivity index (χ1n) is 8.44. The van der Waals surface area contributed by atoms with E-state index in [0.717, 1.165) is 28.4 Å². The molecule has 0 aliphatic heterocycles. The van der Waals surface area contributed by atoms with Crippen LogP contribution in [0.4, 0.5) is 5.69 Å². The number of quaternary nitrogens is 1. The summed E-state index contributed by atoms with van der Waals surface area (Å²) < 4.78 is 5.67. The lowest BCUT2D eigenvalue weighted by molar-refractivity contribution is -0.871. The number of hydrogen-bond donors (Lipinski definition) is 2. The topological polar surface area (TPSA) is 42.8 Å². The first-order valence-corrected chi connectivity index (χ1v) is 8.44. The molecule has 4 heteroatoms. The van der Waals surface area contributed by atoms with Gasteiger partial charge in [0.2, 0.25) is 0 Å². The van der Waals surface area contributed by atoms with Crippen molar-refractivity contribution in [1.29, 1.82) is 0 Å². The Hall–Kier alpha value is -2.33. The minimum absolute atomic E-state index is 0.0281. The van der Waals surface area contributed by atoms with Crippen LogP contribution in [0.25, 0.3) is 0 Å². The van der Waals surface area contributed by atoms with Crippen molar-refractivity contribution in [2.45, 2.75) is 19.8 Å². The molecule has 1 unspecified atom stereocenters. The van der Waals surface area contributed by atoms with Crippen molar-refractivity contribution in [3.05, 3.63) is 60.2 Å². The van der Waals surface area contributed by atoms with Crippen molar-refractivity contribution in [2.75, 3.05) is 32.1 Å². The number of rotatable bonds is 8. The van der Waals surface area contributed by atoms with Gasteiger partial charge in [-0.3, -0.25) is 4.79 Å². The Morgan fingerprint density at radius 3 is 2.46 bits per heavy atom. The summed E-state index contributed by atoms with van der Waals surface area (Å²) in [6, 6.07) is 17.7. The molecule has 0 radical (unpaired) electrons. The summed E-state index contributed by atoms with van der Waals surface area (Å²) in [6.45, 7) is 6.04. The highest BCUT2D eigenvalue weighted by molar-refractivity contribution is 5.92. The fourth-order valence-electron chi connectivity index (χ4n) is 2.53. The second-order valence-electron chi connectivity index (χ2n) is 6.34. The maximum Gasteiger partial charge on any atom is 0.279 e. The van der Waals surface area contributed by atoms with Gasteiger partial charge in [0, 0.05) is 5.69 Å². The van der Waals surface area contributed by atoms with Gasteiger partial charge in [0.25, 0.3) is 5.91 Å². The number of benzene rings is 2. The zero-order valence-electron chi connectivity index (χ0n) is 14.7. The van der Waals surface area contributed by atoms with Crippen LogP contribution in [0.1, 0.15) is 25.3 Å². The van der Waals surface area contributed by atoms with Crippen molar-refractivity contribution in [3.8, 4) is 5.75 Å². The maximum atomic E-state index is 12.3. The molecule has 0 fully saturated rings. The van der Waals surface area contributed by atoms with E-state index in [1.165, 1.54) is 0 Å². The standard InChI is InChI=1S/C20H26N2O2/c1-16(2)18-11-7-8-12-19(18)21-20(23)15-22(3)13-14-24-17-9-5-4-6-10-17/h4-12,16H,13-15H2,1-3H3,(H,21,23)/p+1. The van der Waals surface area contributed by atoms with Gasteiger partial charge in [-0.1, -0.05) is 50.2 Å². The lowest BCUT2D eigenvalue weighted by atomic mass is 10.0. The summed E-state index contributed by atoms with van der Waals surface area (Å²) in [7, 11) is 2.00. The molecular weight excluding hydrogens is 300 g/mol. The van der Waals surface area contributed by atoms with Crippen LogP contribution in [0.2, 0.25) is 0 Å². The average Bonchev–Trinajstić information content (AvgIpc) is 2.56. The van der Waals surface area contributed by atoms with E-state index in [9.17, 15) is 4.79 Å². The molecule has 1 atom stereocenters. The van der Waals surface area contributed by atoms with Crippen molar-refractivity contribution >= 4 is 11.6 Å². The Kier molecular flexibility index (Phi) is 6.82. The molecule has 2 aromatic rings. The molecule has 128 valence electrons. The van der Waals surface area contributed by atoms with Crippen LogP contribution < -0.4 is 15.0 Å². The Morgan fingerprint density at radius 1 is 1.08 bits per heavy atom. The van der Waals surface area contributed by atoms with E-state index in [0.29, 0.717) is 19.1 Å². The number of amides is 1. The van der Waals surface area contributed by atoms with Crippen molar-refractivity contribution in [3.63, 3.8) is 0 Å². The van der Waals surface area contributed by atoms with Gasteiger partial charge in [-0.25, -0.2) is 0 Å². The van der Waals surface area contributed by atoms with Crippen LogP contribution in [0.5, 0.6) is 5.75 Å². The van der Waals surface area contributed by atoms with E-state index >= 15 is 0 Å². The Bertz CT molecular complexity index is 641. The van der Waals surface area contributed by atoms with Gasteiger partial charge in [-0.15, -0.1) is 0 Å². The summed E-state index contributed by atoms with van der Waals surface area (Å²) in [6.07, 6.45) is 0. The number of para-hydroxylation sites is 2. The number of carbonyl (C=O) groups is 1. The molecule has 4 nitrogen and oxygen atoms in total. The number of anilines is 1. The minimum Gasteiger partial charge on any atom is -0.488 e. The fraction of sp³-hybridized carbons (Fsp3) is 0.350. The number of carbonyl (C=O) groups excluding carboxylic acids is 1. The highest BCUT2D eigenvalue weighted by Crippen LogP contribution is 2.23. The summed E-state index contributed by atoms with van der Waals surface area (Å²) in [5.41, 5.74) is 2.07. The molecule has 2 rings (SSSR count). The molecule has 0 aliphatic carbocycles. The molecule has 0 aromatic heterocycles. The first-order chi connectivity index (χ1) is 11.6. The predicted octanol–water partition coefficient (Wildman–Crippen LogP) is 2.34. The minimum atomic E-state index is 0.0281. The quantitative estimate of drug-likeness (QED) is 0.781. The molecule has 0 spiro atoms. The number of ether oxygens (including phenoxy) is 1. The molecule has 0 saturated heterocycles. The second-order valence-corrected chi connectivity index (χ2v) is 6.34. The van der Waals surface area contributed by atoms with Gasteiger partial charge in [0.15, 0.2) is 6.54 Å². The largest absolute Gasteiger partial charge is 0.488 e. The van der Waals surface area contributed by atoms with Crippen LogP contribution in [-0.2, 0) is 4.79 Å². The van der Waals surface area contributed by atoms with E-state index < -0.39 is 0 Å². The molecule has 0 heterocycles. The Balaban J connectivity index is 1.77. The molecule has 2 N–H and O–H groups in total. The van der Waals surface area contributed by atoms with Gasteiger partial charge < -0.3 is 15.0 Å². The monoisotopic (exact) mass is 327 g/mol. The third kappa shape index (κ3) is 5.70. The SMILES string of the molecule is CC(C)c1ccccc1NC(=O)C[NH+](C)CCOc1ccccc1. The molecular formula is C20H27N2O2+. The molecule has 2 aromatic carbocycles. The van der Waals surface area contributed by atoms with Gasteiger partial charge in [-0.05, 0) is 29.7 Å². The summed E-state index contributed by atoms with van der Waals surface area (Å²) in [5.74, 6) is 1.27. The van der Waals surface area contributed by atoms with Gasteiger partial charge in [-0.2, -0.15) is 0 Å². The highest BCUT2D eigenvalue weighted by Gasteiger charge is 2.13. The smallest absolute Gasteiger partial charge is 0.279 e. The Morgan fingerprint density at radius 2 is 1.75 bits per heavy atom. The summed E-state index contributed by atoms with van der Waals surface area (Å²) >= 11 is 0. The van der Waals surface area contributed by atoms with Crippen LogP contribution >= 0.6 is 0 Å². The first kappa shape index (κ1) is 18.0. The third-order valence-corrected chi connectivity index (χ3v) is 3.86. The van der Waals surface area contributed by atoms with Crippen LogP contribution in [0, 0.1) is 0 Å². The van der Waals surface area contributed by atoms with E-state index in [1.807, 2.05) is 55.6 Å². The predicted molar refractivity (Wildman–Crippen MR) is 97.7 cm³/mol. The van der Waals surface area contributed by atoms with Gasteiger partial charge in [0.1, 0.15) is 18.9 Å². The molecule has 0 aliphatic rings. The lowest BCUT2D eigenvalue weighted by Gasteiger charge is -2.16. The molecule has 0 saturated carbocycles. The van der Waals surface area contributed by atoms with Crippen molar-refractivity contribution < 1.29 is 14.4 Å². The number of hydrogen-bond acceptors (Lipinski definition) is 2. The zero-order chi connectivity index (χ0) is 17.4. The van der Waals surface area contributed by atoms with Gasteiger partial charge >= 0.3 is 0 Å². The van der Waals surface area contributed by atoms with Crippen LogP contribution in [-0.4, -0.2) is 32.7 Å². The van der Waals surface area contributed by atoms with E-state index in [-0.39, 0.29) is 5.91 Å². The normalized spacial score (nSPS) is 12.0. The van der Waals surface area contributed by atoms with E-state index in [2.05, 4.69) is 25.2 Å². The van der Waals surface area contributed by atoms with Crippen LogP contribution in [0.3, 0.4) is 0 Å². The lowest BCUT2D eigenvalue weighted by Crippen LogP contribution is -3.10. The van der Waals surface area contributed by atoms with Crippen LogP contribution in [0.15, 0.2) is 54.6 Å². The van der Waals surface area contributed by atoms with Crippen molar-refractivity contribution in [2.24, 2.45) is 0 Å². The summed E-state index contributed by atoms with van der Waals surface area (Å²) in [5, 5.41) is 3.03. The molecule has 24 heavy (non-hydrogen) atoms. The third-order valence-electron chi connectivity index (χ3n) is 3.86. The Labute approximate surface area is 144 Å². The summed E-state index contributed by atoms with van der Waals surface area (Å²) in [4.78, 5) is 13.4. The molecule has 0 bridgehead atoms. The molecule has 1 amide bonds. The highest BCUT2D eigenvalue weighted by atomic mass is 16.5. The van der Waals surface area contributed by atoms with E-state index in [1.54, 1.807) is 0 Å². The van der Waals surface area contributed by atoms with Crippen molar-refractivity contribution in [1.82, 2.24) is 0 Å². The zero-order valence-corrected chi connectivity index (χ0v) is 14.7.